The van der Waals surface area contributed by atoms with Crippen LogP contribution in [-0.2, 0) is 17.8 Å². The average molecular weight is 413 g/mol. The molecule has 0 aliphatic carbocycles. The number of nitrogens with one attached hydrogen (secondary N) is 1. The van der Waals surface area contributed by atoms with Crippen LogP contribution in [0.25, 0.3) is 5.69 Å². The number of pyridine rings is 1. The molecule has 2 heterocycles. The minimum atomic E-state index is -0.0625. The van der Waals surface area contributed by atoms with Crippen LogP contribution in [0.15, 0.2) is 36.5 Å². The molecule has 0 aliphatic rings. The molecule has 0 saturated carbocycles. The highest BCUT2D eigenvalue weighted by atomic mass is 35.5. The van der Waals surface area contributed by atoms with Gasteiger partial charge in [-0.1, -0.05) is 17.7 Å². The molecule has 6 nitrogen and oxygen atoms in total. The molecule has 1 aromatic carbocycles. The summed E-state index contributed by atoms with van der Waals surface area (Å²) in [5, 5.41) is 8.26. The SMILES string of the molecule is CCOc1cc(CNC(=O)Cc2c(C)nn(-c3ccc(C)c(Cl)c3)c2C)ccn1. The van der Waals surface area contributed by atoms with Crippen molar-refractivity contribution in [2.24, 2.45) is 0 Å². The second kappa shape index (κ2) is 9.09. The summed E-state index contributed by atoms with van der Waals surface area (Å²) in [5.41, 5.74) is 5.52. The first-order chi connectivity index (χ1) is 13.9. The van der Waals surface area contributed by atoms with Gasteiger partial charge in [-0.25, -0.2) is 9.67 Å². The van der Waals surface area contributed by atoms with Gasteiger partial charge in [0.05, 0.1) is 24.4 Å². The fourth-order valence-electron chi connectivity index (χ4n) is 3.11. The number of ether oxygens (including phenoxy) is 1. The minimum absolute atomic E-state index is 0.0625. The lowest BCUT2D eigenvalue weighted by molar-refractivity contribution is -0.120. The number of rotatable bonds is 7. The molecule has 152 valence electrons. The van der Waals surface area contributed by atoms with Crippen LogP contribution in [0.2, 0.25) is 5.02 Å². The summed E-state index contributed by atoms with van der Waals surface area (Å²) < 4.78 is 7.23. The smallest absolute Gasteiger partial charge is 0.224 e. The van der Waals surface area contributed by atoms with Gasteiger partial charge in [0.2, 0.25) is 11.8 Å². The first kappa shape index (κ1) is 20.9. The van der Waals surface area contributed by atoms with E-state index in [4.69, 9.17) is 16.3 Å². The Balaban J connectivity index is 1.70. The molecule has 1 N–H and O–H groups in total. The van der Waals surface area contributed by atoms with Crippen LogP contribution < -0.4 is 10.1 Å². The van der Waals surface area contributed by atoms with Crippen molar-refractivity contribution in [3.05, 3.63) is 69.6 Å². The van der Waals surface area contributed by atoms with Gasteiger partial charge in [0.1, 0.15) is 0 Å². The monoisotopic (exact) mass is 412 g/mol. The summed E-state index contributed by atoms with van der Waals surface area (Å²) in [7, 11) is 0. The molecule has 0 radical (unpaired) electrons. The summed E-state index contributed by atoms with van der Waals surface area (Å²) in [4.78, 5) is 16.7. The molecule has 0 unspecified atom stereocenters. The Hall–Kier alpha value is -2.86. The van der Waals surface area contributed by atoms with Gasteiger partial charge in [-0.05, 0) is 57.0 Å². The lowest BCUT2D eigenvalue weighted by Crippen LogP contribution is -2.25. The van der Waals surface area contributed by atoms with Crippen molar-refractivity contribution in [2.75, 3.05) is 6.61 Å². The topological polar surface area (TPSA) is 69.0 Å². The van der Waals surface area contributed by atoms with Gasteiger partial charge >= 0.3 is 0 Å². The van der Waals surface area contributed by atoms with E-state index in [1.807, 2.05) is 62.7 Å². The predicted molar refractivity (Wildman–Crippen MR) is 114 cm³/mol. The number of benzene rings is 1. The van der Waals surface area contributed by atoms with Gasteiger partial charge in [-0.2, -0.15) is 5.10 Å². The Morgan fingerprint density at radius 3 is 2.72 bits per heavy atom. The standard InChI is InChI=1S/C22H25ClN4O2/c1-5-29-22-10-17(8-9-24-22)13-25-21(28)12-19-15(3)26-27(16(19)4)18-7-6-14(2)20(23)11-18/h6-11H,5,12-13H2,1-4H3,(H,25,28). The molecular weight excluding hydrogens is 388 g/mol. The highest BCUT2D eigenvalue weighted by molar-refractivity contribution is 6.31. The van der Waals surface area contributed by atoms with Crippen LogP contribution in [0.4, 0.5) is 0 Å². The number of hydrogen-bond donors (Lipinski definition) is 1. The van der Waals surface area contributed by atoms with Gasteiger partial charge in [0.15, 0.2) is 0 Å². The van der Waals surface area contributed by atoms with E-state index in [-0.39, 0.29) is 12.3 Å². The summed E-state index contributed by atoms with van der Waals surface area (Å²) >= 11 is 6.26. The summed E-state index contributed by atoms with van der Waals surface area (Å²) in [5.74, 6) is 0.497. The Kier molecular flexibility index (Phi) is 6.54. The number of aryl methyl sites for hydroxylation is 2. The lowest BCUT2D eigenvalue weighted by atomic mass is 10.1. The number of aromatic nitrogens is 3. The molecule has 0 bridgehead atoms. The maximum absolute atomic E-state index is 12.5. The molecule has 0 spiro atoms. The zero-order valence-corrected chi connectivity index (χ0v) is 17.9. The first-order valence-corrected chi connectivity index (χ1v) is 9.93. The molecule has 3 aromatic rings. The third kappa shape index (κ3) is 4.95. The van der Waals surface area contributed by atoms with Crippen LogP contribution in [0, 0.1) is 20.8 Å². The first-order valence-electron chi connectivity index (χ1n) is 9.55. The highest BCUT2D eigenvalue weighted by Crippen LogP contribution is 2.23. The molecule has 29 heavy (non-hydrogen) atoms. The van der Waals surface area contributed by atoms with E-state index >= 15 is 0 Å². The fourth-order valence-corrected chi connectivity index (χ4v) is 3.28. The number of nitrogens with zero attached hydrogens (tertiary/aromatic N) is 3. The quantitative estimate of drug-likeness (QED) is 0.634. The van der Waals surface area contributed by atoms with E-state index in [9.17, 15) is 4.79 Å². The summed E-state index contributed by atoms with van der Waals surface area (Å²) in [6.07, 6.45) is 1.94. The van der Waals surface area contributed by atoms with E-state index in [1.54, 1.807) is 6.20 Å². The number of halogens is 1. The Labute approximate surface area is 175 Å². The maximum atomic E-state index is 12.5. The molecule has 0 saturated heterocycles. The van der Waals surface area contributed by atoms with Crippen molar-refractivity contribution in [3.8, 4) is 11.6 Å². The number of amides is 1. The molecule has 0 fully saturated rings. The second-order valence-electron chi connectivity index (χ2n) is 6.88. The fraction of sp³-hybridized carbons (Fsp3) is 0.318. The average Bonchev–Trinajstić information content (AvgIpc) is 2.97. The summed E-state index contributed by atoms with van der Waals surface area (Å²) in [6, 6.07) is 9.52. The van der Waals surface area contributed by atoms with Crippen molar-refractivity contribution >= 4 is 17.5 Å². The third-order valence-corrected chi connectivity index (χ3v) is 5.17. The van der Waals surface area contributed by atoms with E-state index in [0.717, 1.165) is 33.8 Å². The Bertz CT molecular complexity index is 1030. The normalized spacial score (nSPS) is 10.8. The van der Waals surface area contributed by atoms with Gasteiger partial charge in [0.25, 0.3) is 0 Å². The van der Waals surface area contributed by atoms with Crippen LogP contribution in [-0.4, -0.2) is 27.3 Å². The van der Waals surface area contributed by atoms with Crippen molar-refractivity contribution in [1.82, 2.24) is 20.1 Å². The molecule has 0 aliphatic heterocycles. The molecule has 2 aromatic heterocycles. The van der Waals surface area contributed by atoms with E-state index < -0.39 is 0 Å². The number of carbonyl (C=O) groups is 1. The number of carbonyl (C=O) groups excluding carboxylic acids is 1. The van der Waals surface area contributed by atoms with E-state index in [1.165, 1.54) is 0 Å². The van der Waals surface area contributed by atoms with Gasteiger partial charge in [-0.15, -0.1) is 0 Å². The molecular formula is C22H25ClN4O2. The van der Waals surface area contributed by atoms with Crippen LogP contribution in [0.1, 0.15) is 35.0 Å². The zero-order valence-electron chi connectivity index (χ0n) is 17.1. The van der Waals surface area contributed by atoms with Crippen molar-refractivity contribution < 1.29 is 9.53 Å². The third-order valence-electron chi connectivity index (χ3n) is 4.76. The van der Waals surface area contributed by atoms with Crippen molar-refractivity contribution in [1.29, 1.82) is 0 Å². The molecule has 1 amide bonds. The van der Waals surface area contributed by atoms with Gasteiger partial charge < -0.3 is 10.1 Å². The predicted octanol–water partition coefficient (Wildman–Crippen LogP) is 4.10. The number of hydrogen-bond acceptors (Lipinski definition) is 4. The largest absolute Gasteiger partial charge is 0.478 e. The van der Waals surface area contributed by atoms with Crippen LogP contribution in [0.3, 0.4) is 0 Å². The van der Waals surface area contributed by atoms with Crippen LogP contribution >= 0.6 is 11.6 Å². The van der Waals surface area contributed by atoms with E-state index in [2.05, 4.69) is 15.4 Å². The van der Waals surface area contributed by atoms with Gasteiger partial charge in [0, 0.05) is 35.1 Å². The zero-order chi connectivity index (χ0) is 21.0. The van der Waals surface area contributed by atoms with Gasteiger partial charge in [-0.3, -0.25) is 4.79 Å². The molecule has 3 rings (SSSR count). The van der Waals surface area contributed by atoms with Crippen LogP contribution in [0.5, 0.6) is 5.88 Å². The molecule has 0 atom stereocenters. The summed E-state index contributed by atoms with van der Waals surface area (Å²) in [6.45, 7) is 8.72. The van der Waals surface area contributed by atoms with E-state index in [0.29, 0.717) is 24.1 Å². The highest BCUT2D eigenvalue weighted by Gasteiger charge is 2.16. The van der Waals surface area contributed by atoms with Crippen molar-refractivity contribution in [3.63, 3.8) is 0 Å². The Morgan fingerprint density at radius 2 is 2.00 bits per heavy atom. The lowest BCUT2D eigenvalue weighted by Gasteiger charge is -2.09. The van der Waals surface area contributed by atoms with Crippen molar-refractivity contribution in [2.45, 2.75) is 40.7 Å². The maximum Gasteiger partial charge on any atom is 0.224 e. The molecule has 7 heteroatoms. The Morgan fingerprint density at radius 1 is 1.21 bits per heavy atom. The second-order valence-corrected chi connectivity index (χ2v) is 7.29. The minimum Gasteiger partial charge on any atom is -0.478 e.